The lowest BCUT2D eigenvalue weighted by Gasteiger charge is -2.05. The summed E-state index contributed by atoms with van der Waals surface area (Å²) >= 11 is 0. The first-order valence-electron chi connectivity index (χ1n) is 6.40. The van der Waals surface area contributed by atoms with Crippen molar-refractivity contribution in [2.45, 2.75) is 25.7 Å². The highest BCUT2D eigenvalue weighted by Gasteiger charge is 1.90. The van der Waals surface area contributed by atoms with E-state index >= 15 is 0 Å². The van der Waals surface area contributed by atoms with Crippen molar-refractivity contribution < 1.29 is 0 Å². The lowest BCUT2D eigenvalue weighted by atomic mass is 10.3. The fraction of sp³-hybridized carbons (Fsp3) is 0.917. The summed E-state index contributed by atoms with van der Waals surface area (Å²) in [5.41, 5.74) is 0. The van der Waals surface area contributed by atoms with Gasteiger partial charge in [-0.2, -0.15) is 0 Å². The van der Waals surface area contributed by atoms with Gasteiger partial charge < -0.3 is 20.9 Å². The Morgan fingerprint density at radius 2 is 1.38 bits per heavy atom. The topological polar surface area (TPSA) is 48.5 Å². The summed E-state index contributed by atoms with van der Waals surface area (Å²) in [6.45, 7) is 9.88. The van der Waals surface area contributed by atoms with E-state index in [2.05, 4.69) is 27.7 Å². The summed E-state index contributed by atoms with van der Waals surface area (Å²) in [5.74, 6) is 0. The fourth-order valence-electron chi connectivity index (χ4n) is 1.46. The summed E-state index contributed by atoms with van der Waals surface area (Å²) < 4.78 is 0. The van der Waals surface area contributed by atoms with Crippen LogP contribution in [-0.4, -0.2) is 53.0 Å². The Kier molecular flexibility index (Phi) is 14.1. The predicted molar refractivity (Wildman–Crippen MR) is 72.6 cm³/mol. The molecule has 0 fully saturated rings. The highest BCUT2D eigenvalue weighted by molar-refractivity contribution is 5.22. The molecule has 0 aromatic heterocycles. The molecule has 0 saturated heterocycles. The van der Waals surface area contributed by atoms with Crippen LogP contribution in [-0.2, 0) is 0 Å². The van der Waals surface area contributed by atoms with Crippen LogP contribution in [0.1, 0.15) is 25.7 Å². The molecule has 0 bridgehead atoms. The molecule has 0 spiro atoms. The third kappa shape index (κ3) is 13.5. The molecule has 0 amide bonds. The standard InChI is InChI=1S/C12H28N4/c1-13-7-5-11-15-9-3-4-10-16-12-6-8-14-2/h14-16H,1,3-12H2,2H3. The largest absolute Gasteiger partial charge is 0.320 e. The first-order chi connectivity index (χ1) is 7.91. The van der Waals surface area contributed by atoms with Crippen LogP contribution >= 0.6 is 0 Å². The predicted octanol–water partition coefficient (Wildman–Crippen LogP) is 0.646. The SMILES string of the molecule is C=NCCCNCCCCNCCCNC. The number of rotatable bonds is 13. The molecule has 96 valence electrons. The average molecular weight is 228 g/mol. The van der Waals surface area contributed by atoms with Gasteiger partial charge in [0.05, 0.1) is 0 Å². The van der Waals surface area contributed by atoms with Gasteiger partial charge in [0.15, 0.2) is 0 Å². The number of unbranched alkanes of at least 4 members (excludes halogenated alkanes) is 1. The molecule has 4 nitrogen and oxygen atoms in total. The van der Waals surface area contributed by atoms with Gasteiger partial charge in [0, 0.05) is 6.54 Å². The molecule has 16 heavy (non-hydrogen) atoms. The maximum atomic E-state index is 3.81. The number of hydrogen-bond acceptors (Lipinski definition) is 4. The van der Waals surface area contributed by atoms with Gasteiger partial charge in [-0.05, 0) is 72.2 Å². The fourth-order valence-corrected chi connectivity index (χ4v) is 1.46. The van der Waals surface area contributed by atoms with Crippen LogP contribution in [0.15, 0.2) is 4.99 Å². The van der Waals surface area contributed by atoms with E-state index in [1.165, 1.54) is 19.3 Å². The first kappa shape index (κ1) is 15.6. The monoisotopic (exact) mass is 228 g/mol. The number of hydrogen-bond donors (Lipinski definition) is 3. The van der Waals surface area contributed by atoms with E-state index in [1.807, 2.05) is 7.05 Å². The van der Waals surface area contributed by atoms with Crippen LogP contribution in [0.25, 0.3) is 0 Å². The minimum Gasteiger partial charge on any atom is -0.320 e. The summed E-state index contributed by atoms with van der Waals surface area (Å²) in [4.78, 5) is 3.81. The van der Waals surface area contributed by atoms with E-state index in [0.717, 1.165) is 45.7 Å². The maximum Gasteiger partial charge on any atom is 0.0394 e. The van der Waals surface area contributed by atoms with Gasteiger partial charge in [-0.3, -0.25) is 0 Å². The first-order valence-corrected chi connectivity index (χ1v) is 6.40. The minimum atomic E-state index is 0.875. The third-order valence-electron chi connectivity index (χ3n) is 2.41. The van der Waals surface area contributed by atoms with Crippen molar-refractivity contribution in [3.05, 3.63) is 0 Å². The molecular formula is C12H28N4. The quantitative estimate of drug-likeness (QED) is 0.320. The molecular weight excluding hydrogens is 200 g/mol. The van der Waals surface area contributed by atoms with Gasteiger partial charge in [0.25, 0.3) is 0 Å². The summed E-state index contributed by atoms with van der Waals surface area (Å²) in [6.07, 6.45) is 4.82. The van der Waals surface area contributed by atoms with Gasteiger partial charge >= 0.3 is 0 Å². The molecule has 0 aliphatic heterocycles. The van der Waals surface area contributed by atoms with E-state index in [9.17, 15) is 0 Å². The van der Waals surface area contributed by atoms with Crippen molar-refractivity contribution >= 4 is 6.72 Å². The van der Waals surface area contributed by atoms with Crippen LogP contribution in [0.3, 0.4) is 0 Å². The van der Waals surface area contributed by atoms with Crippen molar-refractivity contribution in [2.24, 2.45) is 4.99 Å². The van der Waals surface area contributed by atoms with E-state index in [4.69, 9.17) is 0 Å². The van der Waals surface area contributed by atoms with Gasteiger partial charge in [-0.15, -0.1) is 0 Å². The summed E-state index contributed by atoms with van der Waals surface area (Å²) in [5, 5.41) is 9.99. The Bertz CT molecular complexity index is 139. The second kappa shape index (κ2) is 14.6. The molecule has 0 rings (SSSR count). The Morgan fingerprint density at radius 3 is 1.94 bits per heavy atom. The molecule has 0 aliphatic rings. The maximum absolute atomic E-state index is 3.81. The smallest absolute Gasteiger partial charge is 0.0394 e. The van der Waals surface area contributed by atoms with Gasteiger partial charge in [-0.1, -0.05) is 0 Å². The molecule has 4 heteroatoms. The molecule has 0 radical (unpaired) electrons. The van der Waals surface area contributed by atoms with Crippen molar-refractivity contribution in [3.8, 4) is 0 Å². The normalized spacial score (nSPS) is 10.6. The Balaban J connectivity index is 2.85. The van der Waals surface area contributed by atoms with E-state index in [1.54, 1.807) is 0 Å². The second-order valence-electron chi connectivity index (χ2n) is 3.96. The van der Waals surface area contributed by atoms with E-state index in [-0.39, 0.29) is 0 Å². The van der Waals surface area contributed by atoms with Gasteiger partial charge in [-0.25, -0.2) is 0 Å². The molecule has 3 N–H and O–H groups in total. The van der Waals surface area contributed by atoms with Crippen molar-refractivity contribution in [1.29, 1.82) is 0 Å². The molecule has 0 unspecified atom stereocenters. The number of nitrogens with one attached hydrogen (secondary N) is 3. The van der Waals surface area contributed by atoms with Crippen LogP contribution < -0.4 is 16.0 Å². The lowest BCUT2D eigenvalue weighted by Crippen LogP contribution is -2.22. The Hall–Kier alpha value is -0.450. The van der Waals surface area contributed by atoms with Crippen LogP contribution in [0.4, 0.5) is 0 Å². The second-order valence-corrected chi connectivity index (χ2v) is 3.96. The Morgan fingerprint density at radius 1 is 0.812 bits per heavy atom. The van der Waals surface area contributed by atoms with E-state index in [0.29, 0.717) is 0 Å². The molecule has 0 aromatic rings. The zero-order chi connectivity index (χ0) is 11.9. The number of nitrogens with zero attached hydrogens (tertiary/aromatic N) is 1. The molecule has 0 saturated carbocycles. The molecule has 0 aromatic carbocycles. The van der Waals surface area contributed by atoms with Crippen molar-refractivity contribution in [2.75, 3.05) is 46.3 Å². The van der Waals surface area contributed by atoms with Gasteiger partial charge in [0.1, 0.15) is 0 Å². The van der Waals surface area contributed by atoms with Crippen molar-refractivity contribution in [1.82, 2.24) is 16.0 Å². The van der Waals surface area contributed by atoms with Crippen molar-refractivity contribution in [3.63, 3.8) is 0 Å². The van der Waals surface area contributed by atoms with Crippen LogP contribution in [0, 0.1) is 0 Å². The Labute approximate surface area is 100 Å². The highest BCUT2D eigenvalue weighted by atomic mass is 14.9. The summed E-state index contributed by atoms with van der Waals surface area (Å²) in [7, 11) is 1.99. The molecule has 0 atom stereocenters. The minimum absolute atomic E-state index is 0.875. The zero-order valence-electron chi connectivity index (χ0n) is 10.7. The van der Waals surface area contributed by atoms with Gasteiger partial charge in [0.2, 0.25) is 0 Å². The molecule has 0 heterocycles. The van der Waals surface area contributed by atoms with Crippen LogP contribution in [0.2, 0.25) is 0 Å². The zero-order valence-corrected chi connectivity index (χ0v) is 10.7. The van der Waals surface area contributed by atoms with E-state index < -0.39 is 0 Å². The molecule has 0 aliphatic carbocycles. The highest BCUT2D eigenvalue weighted by Crippen LogP contribution is 1.85. The lowest BCUT2D eigenvalue weighted by molar-refractivity contribution is 0.564. The average Bonchev–Trinajstić information content (AvgIpc) is 2.31. The summed E-state index contributed by atoms with van der Waals surface area (Å²) in [6, 6.07) is 0. The van der Waals surface area contributed by atoms with Crippen LogP contribution in [0.5, 0.6) is 0 Å². The third-order valence-corrected chi connectivity index (χ3v) is 2.41. The number of aliphatic imine (C=N–C) groups is 1.